The molecule has 4 heteroatoms. The molecule has 158 valence electrons. The van der Waals surface area contributed by atoms with Gasteiger partial charge in [-0.2, -0.15) is 0 Å². The van der Waals surface area contributed by atoms with Crippen LogP contribution < -0.4 is 0 Å². The first-order valence-electron chi connectivity index (χ1n) is 10.6. The number of hydrogen-bond acceptors (Lipinski definition) is 4. The molecule has 3 aromatic rings. The number of oxime groups is 1. The van der Waals surface area contributed by atoms with E-state index in [9.17, 15) is 0 Å². The molecule has 0 amide bonds. The van der Waals surface area contributed by atoms with E-state index in [1.54, 1.807) is 11.8 Å². The molecule has 0 unspecified atom stereocenters. The molecule has 0 saturated heterocycles. The molecule has 0 aliphatic rings. The summed E-state index contributed by atoms with van der Waals surface area (Å²) >= 11 is 1.74. The van der Waals surface area contributed by atoms with E-state index in [0.29, 0.717) is 18.7 Å². The van der Waals surface area contributed by atoms with Crippen molar-refractivity contribution in [2.45, 2.75) is 44.7 Å². The van der Waals surface area contributed by atoms with E-state index in [-0.39, 0.29) is 0 Å². The highest BCUT2D eigenvalue weighted by molar-refractivity contribution is 7.98. The van der Waals surface area contributed by atoms with E-state index in [1.165, 1.54) is 15.7 Å². The molecule has 0 heterocycles. The summed E-state index contributed by atoms with van der Waals surface area (Å²) < 4.78 is 0. The van der Waals surface area contributed by atoms with Gasteiger partial charge in [-0.15, -0.1) is 11.8 Å². The highest BCUT2D eigenvalue weighted by Crippen LogP contribution is 2.24. The topological polar surface area (TPSA) is 24.8 Å². The summed E-state index contributed by atoms with van der Waals surface area (Å²) in [4.78, 5) is 9.54. The molecule has 0 radical (unpaired) electrons. The zero-order valence-electron chi connectivity index (χ0n) is 18.6. The van der Waals surface area contributed by atoms with E-state index < -0.39 is 0 Å². The van der Waals surface area contributed by atoms with Crippen LogP contribution in [0.15, 0.2) is 76.8 Å². The molecule has 0 atom stereocenters. The van der Waals surface area contributed by atoms with Crippen molar-refractivity contribution in [3.05, 3.63) is 77.9 Å². The van der Waals surface area contributed by atoms with Gasteiger partial charge in [0.25, 0.3) is 0 Å². The summed E-state index contributed by atoms with van der Waals surface area (Å²) in [5.41, 5.74) is 3.03. The van der Waals surface area contributed by atoms with E-state index in [2.05, 4.69) is 111 Å². The molecule has 30 heavy (non-hydrogen) atoms. The SMILES string of the molecule is CSc1ccc(/C(=N\OCCN(C(C)C)C(C)C)c2cccc3ccccc23)cc1. The molecule has 3 aromatic carbocycles. The standard InChI is InChI=1S/C26H32N2OS/c1-19(2)28(20(3)4)17-18-29-27-26(22-13-15-23(30-5)16-14-22)25-12-8-10-21-9-6-7-11-24(21)25/h6-16,19-20H,17-18H2,1-5H3/b27-26+. The van der Waals surface area contributed by atoms with Crippen LogP contribution in [0.25, 0.3) is 10.8 Å². The normalized spacial score (nSPS) is 12.3. The molecule has 0 aromatic heterocycles. The van der Waals surface area contributed by atoms with Gasteiger partial charge in [0.05, 0.1) is 0 Å². The number of benzene rings is 3. The van der Waals surface area contributed by atoms with Crippen molar-refractivity contribution < 1.29 is 4.84 Å². The Balaban J connectivity index is 1.92. The number of thioether (sulfide) groups is 1. The lowest BCUT2D eigenvalue weighted by Crippen LogP contribution is -2.39. The molecule has 0 aliphatic carbocycles. The minimum absolute atomic E-state index is 0.481. The van der Waals surface area contributed by atoms with E-state index in [0.717, 1.165) is 23.4 Å². The average molecular weight is 421 g/mol. The second-order valence-corrected chi connectivity index (χ2v) is 8.83. The minimum Gasteiger partial charge on any atom is -0.394 e. The number of rotatable bonds is 9. The maximum atomic E-state index is 5.88. The molecular formula is C26H32N2OS. The Hall–Kier alpha value is -2.30. The Kier molecular flexibility index (Phi) is 7.94. The Bertz CT molecular complexity index is 966. The van der Waals surface area contributed by atoms with Gasteiger partial charge in [-0.1, -0.05) is 59.8 Å². The highest BCUT2D eigenvalue weighted by Gasteiger charge is 2.14. The summed E-state index contributed by atoms with van der Waals surface area (Å²) in [7, 11) is 0. The van der Waals surface area contributed by atoms with Crippen molar-refractivity contribution in [1.29, 1.82) is 0 Å². The van der Waals surface area contributed by atoms with Crippen molar-refractivity contribution in [1.82, 2.24) is 4.90 Å². The van der Waals surface area contributed by atoms with Crippen LogP contribution in [-0.2, 0) is 4.84 Å². The lowest BCUT2D eigenvalue weighted by Gasteiger charge is -2.29. The van der Waals surface area contributed by atoms with Crippen molar-refractivity contribution in [2.75, 3.05) is 19.4 Å². The molecule has 0 fully saturated rings. The third kappa shape index (κ3) is 5.44. The molecule has 0 spiro atoms. The van der Waals surface area contributed by atoms with Gasteiger partial charge in [0.15, 0.2) is 0 Å². The first-order valence-corrected chi connectivity index (χ1v) is 11.8. The summed E-state index contributed by atoms with van der Waals surface area (Å²) in [6.45, 7) is 10.3. The van der Waals surface area contributed by atoms with E-state index in [1.807, 2.05) is 0 Å². The lowest BCUT2D eigenvalue weighted by molar-refractivity contribution is 0.0830. The average Bonchev–Trinajstić information content (AvgIpc) is 2.75. The molecule has 0 saturated carbocycles. The highest BCUT2D eigenvalue weighted by atomic mass is 32.2. The third-order valence-corrected chi connectivity index (χ3v) is 6.07. The van der Waals surface area contributed by atoms with Crippen molar-refractivity contribution in [3.63, 3.8) is 0 Å². The molecule has 0 aliphatic heterocycles. The predicted molar refractivity (Wildman–Crippen MR) is 131 cm³/mol. The fourth-order valence-corrected chi connectivity index (χ4v) is 4.22. The van der Waals surface area contributed by atoms with Gasteiger partial charge >= 0.3 is 0 Å². The van der Waals surface area contributed by atoms with Gasteiger partial charge in [0, 0.05) is 34.7 Å². The Labute approximate surface area is 185 Å². The summed E-state index contributed by atoms with van der Waals surface area (Å²) in [5, 5.41) is 7.03. The van der Waals surface area contributed by atoms with Gasteiger partial charge in [0.2, 0.25) is 0 Å². The number of nitrogens with zero attached hydrogens (tertiary/aromatic N) is 2. The molecular weight excluding hydrogens is 388 g/mol. The maximum Gasteiger partial charge on any atom is 0.129 e. The first kappa shape index (κ1) is 22.4. The fraction of sp³-hybridized carbons (Fsp3) is 0.346. The zero-order valence-corrected chi connectivity index (χ0v) is 19.4. The summed E-state index contributed by atoms with van der Waals surface area (Å²) in [5.74, 6) is 0. The van der Waals surface area contributed by atoms with Crippen molar-refractivity contribution in [2.24, 2.45) is 5.16 Å². The van der Waals surface area contributed by atoms with Gasteiger partial charge in [-0.05, 0) is 56.9 Å². The summed E-state index contributed by atoms with van der Waals surface area (Å²) in [6, 6.07) is 24.3. The van der Waals surface area contributed by atoms with Crippen LogP contribution >= 0.6 is 11.8 Å². The van der Waals surface area contributed by atoms with Gasteiger partial charge in [0.1, 0.15) is 12.3 Å². The van der Waals surface area contributed by atoms with E-state index >= 15 is 0 Å². The zero-order chi connectivity index (χ0) is 21.5. The van der Waals surface area contributed by atoms with Crippen molar-refractivity contribution >= 4 is 28.2 Å². The Morgan fingerprint density at radius 3 is 2.23 bits per heavy atom. The Morgan fingerprint density at radius 2 is 1.57 bits per heavy atom. The first-order chi connectivity index (χ1) is 14.5. The molecule has 0 N–H and O–H groups in total. The van der Waals surface area contributed by atoms with Crippen LogP contribution in [-0.4, -0.2) is 42.1 Å². The van der Waals surface area contributed by atoms with Crippen LogP contribution in [0, 0.1) is 0 Å². The van der Waals surface area contributed by atoms with Crippen LogP contribution in [0.1, 0.15) is 38.8 Å². The van der Waals surface area contributed by atoms with Crippen LogP contribution in [0.3, 0.4) is 0 Å². The maximum absolute atomic E-state index is 5.88. The molecule has 0 bridgehead atoms. The monoisotopic (exact) mass is 420 g/mol. The second-order valence-electron chi connectivity index (χ2n) is 7.95. The van der Waals surface area contributed by atoms with Gasteiger partial charge in [-0.3, -0.25) is 4.90 Å². The second kappa shape index (κ2) is 10.6. The minimum atomic E-state index is 0.481. The molecule has 3 rings (SSSR count). The third-order valence-electron chi connectivity index (χ3n) is 5.33. The molecule has 3 nitrogen and oxygen atoms in total. The largest absolute Gasteiger partial charge is 0.394 e. The van der Waals surface area contributed by atoms with Crippen LogP contribution in [0.5, 0.6) is 0 Å². The quantitative estimate of drug-likeness (QED) is 0.172. The van der Waals surface area contributed by atoms with Crippen molar-refractivity contribution in [3.8, 4) is 0 Å². The smallest absolute Gasteiger partial charge is 0.129 e. The van der Waals surface area contributed by atoms with E-state index in [4.69, 9.17) is 4.84 Å². The number of hydrogen-bond donors (Lipinski definition) is 0. The van der Waals surface area contributed by atoms with Gasteiger partial charge in [-0.25, -0.2) is 0 Å². The Morgan fingerprint density at radius 1 is 0.900 bits per heavy atom. The van der Waals surface area contributed by atoms with Crippen LogP contribution in [0.4, 0.5) is 0 Å². The number of fused-ring (bicyclic) bond motifs is 1. The van der Waals surface area contributed by atoms with Crippen LogP contribution in [0.2, 0.25) is 0 Å². The predicted octanol–water partition coefficient (Wildman–Crippen LogP) is 6.45. The lowest BCUT2D eigenvalue weighted by atomic mass is 9.97. The van der Waals surface area contributed by atoms with Gasteiger partial charge < -0.3 is 4.84 Å². The fourth-order valence-electron chi connectivity index (χ4n) is 3.81. The summed E-state index contributed by atoms with van der Waals surface area (Å²) in [6.07, 6.45) is 2.09.